The van der Waals surface area contributed by atoms with Gasteiger partial charge in [0.25, 0.3) is 0 Å². The van der Waals surface area contributed by atoms with Gasteiger partial charge in [-0.1, -0.05) is 19.9 Å². The van der Waals surface area contributed by atoms with Crippen molar-refractivity contribution in [3.8, 4) is 0 Å². The van der Waals surface area contributed by atoms with Crippen molar-refractivity contribution in [1.82, 2.24) is 4.98 Å². The molecule has 1 N–H and O–H groups in total. The van der Waals surface area contributed by atoms with Crippen molar-refractivity contribution < 1.29 is 9.31 Å². The highest BCUT2D eigenvalue weighted by molar-refractivity contribution is 6.63. The fourth-order valence-electron chi connectivity index (χ4n) is 3.44. The fourth-order valence-corrected chi connectivity index (χ4v) is 3.44. The van der Waals surface area contributed by atoms with E-state index in [1.54, 1.807) is 0 Å². The summed E-state index contributed by atoms with van der Waals surface area (Å²) in [6.45, 7) is 13.1. The van der Waals surface area contributed by atoms with E-state index >= 15 is 0 Å². The Labute approximate surface area is 146 Å². The molecule has 5 heteroatoms. The summed E-state index contributed by atoms with van der Waals surface area (Å²) in [5.74, 6) is 0.903. The number of nitrogens with zero attached hydrogens (tertiary/aromatic N) is 1. The van der Waals surface area contributed by atoms with Crippen molar-refractivity contribution in [2.45, 2.75) is 84.5 Å². The Kier molecular flexibility index (Phi) is 4.46. The molecule has 0 radical (unpaired) electrons. The van der Waals surface area contributed by atoms with E-state index in [0.29, 0.717) is 11.5 Å². The zero-order valence-corrected chi connectivity index (χ0v) is 16.0. The van der Waals surface area contributed by atoms with Crippen LogP contribution in [-0.2, 0) is 9.31 Å². The Bertz CT molecular complexity index is 575. The average molecular weight is 330 g/mol. The van der Waals surface area contributed by atoms with Crippen molar-refractivity contribution in [2.75, 3.05) is 5.32 Å². The summed E-state index contributed by atoms with van der Waals surface area (Å²) in [5.41, 5.74) is 0.803. The predicted molar refractivity (Wildman–Crippen MR) is 99.6 cm³/mol. The second-order valence-electron chi connectivity index (χ2n) is 9.11. The van der Waals surface area contributed by atoms with Crippen LogP contribution in [0.1, 0.15) is 67.2 Å². The van der Waals surface area contributed by atoms with E-state index in [0.717, 1.165) is 11.3 Å². The maximum Gasteiger partial charge on any atom is 0.498 e. The van der Waals surface area contributed by atoms with E-state index in [2.05, 4.69) is 57.9 Å². The molecule has 24 heavy (non-hydrogen) atoms. The number of pyridine rings is 1. The lowest BCUT2D eigenvalue weighted by Gasteiger charge is -2.35. The lowest BCUT2D eigenvalue weighted by atomic mass is 9.75. The Morgan fingerprint density at radius 3 is 2.21 bits per heavy atom. The number of anilines is 1. The lowest BCUT2D eigenvalue weighted by molar-refractivity contribution is 0.00578. The summed E-state index contributed by atoms with van der Waals surface area (Å²) in [7, 11) is -0.369. The first kappa shape index (κ1) is 17.7. The van der Waals surface area contributed by atoms with E-state index in [4.69, 9.17) is 9.31 Å². The van der Waals surface area contributed by atoms with Crippen LogP contribution in [0.2, 0.25) is 0 Å². The minimum Gasteiger partial charge on any atom is -0.399 e. The van der Waals surface area contributed by atoms with E-state index < -0.39 is 0 Å². The molecular weight excluding hydrogens is 299 g/mol. The Balaban J connectivity index is 1.75. The molecule has 0 unspecified atom stereocenters. The highest BCUT2D eigenvalue weighted by Crippen LogP contribution is 2.38. The standard InChI is InChI=1S/C19H31BN2O2/c1-17(2)11-9-14(10-12-17)22-16-15(8-7-13-21-16)20-23-18(3,4)19(5,6)24-20/h7-8,13-14H,9-12H2,1-6H3,(H,21,22). The molecule has 0 amide bonds. The van der Waals surface area contributed by atoms with Crippen LogP contribution in [0.15, 0.2) is 18.3 Å². The lowest BCUT2D eigenvalue weighted by Crippen LogP contribution is -2.41. The normalized spacial score (nSPS) is 25.7. The molecule has 2 aliphatic rings. The molecule has 1 aliphatic heterocycles. The minimum absolute atomic E-state index is 0.334. The molecule has 3 rings (SSSR count). The van der Waals surface area contributed by atoms with Gasteiger partial charge in [0, 0.05) is 17.7 Å². The molecule has 1 saturated carbocycles. The number of hydrogen-bond donors (Lipinski definition) is 1. The largest absolute Gasteiger partial charge is 0.498 e. The second kappa shape index (κ2) is 6.03. The topological polar surface area (TPSA) is 43.4 Å². The van der Waals surface area contributed by atoms with Crippen LogP contribution in [0, 0.1) is 5.41 Å². The monoisotopic (exact) mass is 330 g/mol. The quantitative estimate of drug-likeness (QED) is 0.857. The summed E-state index contributed by atoms with van der Waals surface area (Å²) in [4.78, 5) is 4.58. The molecule has 1 aromatic heterocycles. The molecule has 2 heterocycles. The van der Waals surface area contributed by atoms with Crippen LogP contribution in [0.25, 0.3) is 0 Å². The van der Waals surface area contributed by atoms with Gasteiger partial charge in [0.1, 0.15) is 5.82 Å². The molecule has 0 atom stereocenters. The van der Waals surface area contributed by atoms with Crippen LogP contribution in [-0.4, -0.2) is 29.3 Å². The van der Waals surface area contributed by atoms with E-state index in [-0.39, 0.29) is 18.3 Å². The third-order valence-corrected chi connectivity index (χ3v) is 6.03. The molecule has 132 valence electrons. The van der Waals surface area contributed by atoms with Gasteiger partial charge in [0.15, 0.2) is 0 Å². The van der Waals surface area contributed by atoms with Gasteiger partial charge in [-0.25, -0.2) is 4.98 Å². The molecule has 1 aromatic rings. The van der Waals surface area contributed by atoms with Crippen molar-refractivity contribution in [3.05, 3.63) is 18.3 Å². The van der Waals surface area contributed by atoms with Gasteiger partial charge in [-0.05, 0) is 64.9 Å². The van der Waals surface area contributed by atoms with Crippen molar-refractivity contribution in [3.63, 3.8) is 0 Å². The fraction of sp³-hybridized carbons (Fsp3) is 0.737. The Hall–Kier alpha value is -1.07. The number of aromatic nitrogens is 1. The van der Waals surface area contributed by atoms with Gasteiger partial charge >= 0.3 is 7.12 Å². The molecular formula is C19H31BN2O2. The highest BCUT2D eigenvalue weighted by Gasteiger charge is 2.52. The molecule has 2 fully saturated rings. The Morgan fingerprint density at radius 2 is 1.62 bits per heavy atom. The molecule has 1 aliphatic carbocycles. The highest BCUT2D eigenvalue weighted by atomic mass is 16.7. The average Bonchev–Trinajstić information content (AvgIpc) is 2.70. The van der Waals surface area contributed by atoms with Crippen LogP contribution in [0.5, 0.6) is 0 Å². The summed E-state index contributed by atoms with van der Waals surface area (Å²) in [6.07, 6.45) is 6.72. The molecule has 1 saturated heterocycles. The number of rotatable bonds is 3. The summed E-state index contributed by atoms with van der Waals surface area (Å²) in [6, 6.07) is 4.49. The zero-order chi connectivity index (χ0) is 17.6. The minimum atomic E-state index is -0.369. The van der Waals surface area contributed by atoms with Crippen LogP contribution in [0.3, 0.4) is 0 Å². The van der Waals surface area contributed by atoms with E-state index in [1.807, 2.05) is 12.3 Å². The first-order chi connectivity index (χ1) is 11.1. The third kappa shape index (κ3) is 3.47. The van der Waals surface area contributed by atoms with Crippen molar-refractivity contribution in [1.29, 1.82) is 0 Å². The van der Waals surface area contributed by atoms with Gasteiger partial charge < -0.3 is 14.6 Å². The summed E-state index contributed by atoms with van der Waals surface area (Å²) < 4.78 is 12.4. The molecule has 0 aromatic carbocycles. The molecule has 0 spiro atoms. The maximum atomic E-state index is 6.21. The van der Waals surface area contributed by atoms with Crippen LogP contribution < -0.4 is 10.8 Å². The van der Waals surface area contributed by atoms with Crippen molar-refractivity contribution in [2.24, 2.45) is 5.41 Å². The number of hydrogen-bond acceptors (Lipinski definition) is 4. The van der Waals surface area contributed by atoms with E-state index in [9.17, 15) is 0 Å². The maximum absolute atomic E-state index is 6.21. The Morgan fingerprint density at radius 1 is 1.04 bits per heavy atom. The van der Waals surface area contributed by atoms with Gasteiger partial charge in [-0.3, -0.25) is 0 Å². The first-order valence-electron chi connectivity index (χ1n) is 9.17. The van der Waals surface area contributed by atoms with Crippen molar-refractivity contribution >= 4 is 18.4 Å². The van der Waals surface area contributed by atoms with Gasteiger partial charge in [0.05, 0.1) is 11.2 Å². The zero-order valence-electron chi connectivity index (χ0n) is 16.0. The predicted octanol–water partition coefficient (Wildman–Crippen LogP) is 3.76. The second-order valence-corrected chi connectivity index (χ2v) is 9.11. The van der Waals surface area contributed by atoms with Gasteiger partial charge in [-0.15, -0.1) is 0 Å². The van der Waals surface area contributed by atoms with Crippen LogP contribution in [0.4, 0.5) is 5.82 Å². The third-order valence-electron chi connectivity index (χ3n) is 6.03. The van der Waals surface area contributed by atoms with Crippen LogP contribution >= 0.6 is 0 Å². The number of nitrogens with one attached hydrogen (secondary N) is 1. The van der Waals surface area contributed by atoms with E-state index in [1.165, 1.54) is 25.7 Å². The first-order valence-corrected chi connectivity index (χ1v) is 9.17. The smallest absolute Gasteiger partial charge is 0.399 e. The molecule has 0 bridgehead atoms. The summed E-state index contributed by atoms with van der Waals surface area (Å²) in [5, 5.41) is 3.65. The SMILES string of the molecule is CC1(C)CCC(Nc2ncccc2B2OC(C)(C)C(C)(C)O2)CC1. The summed E-state index contributed by atoms with van der Waals surface area (Å²) >= 11 is 0. The van der Waals surface area contributed by atoms with Gasteiger partial charge in [-0.2, -0.15) is 0 Å². The van der Waals surface area contributed by atoms with Gasteiger partial charge in [0.2, 0.25) is 0 Å². The molecule has 4 nitrogen and oxygen atoms in total.